The molecule has 0 radical (unpaired) electrons. The molecule has 5 heteroatoms. The van der Waals surface area contributed by atoms with Gasteiger partial charge in [0.05, 0.1) is 0 Å². The van der Waals surface area contributed by atoms with E-state index in [9.17, 15) is 8.78 Å². The quantitative estimate of drug-likeness (QED) is 0.566. The predicted molar refractivity (Wildman–Crippen MR) is 31.1 cm³/mol. The van der Waals surface area contributed by atoms with E-state index in [0.29, 0.717) is 6.08 Å². The average molecular weight is 152 g/mol. The first-order valence-corrected chi connectivity index (χ1v) is 2.06. The predicted octanol–water partition coefficient (Wildman–Crippen LogP) is 2.18. The number of allylic oxidation sites excluding steroid dienone is 2. The first kappa shape index (κ1) is 11.4. The third-order valence-electron chi connectivity index (χ3n) is 0.244. The lowest BCUT2D eigenvalue weighted by Crippen LogP contribution is -1.81. The Labute approximate surface area is 55.9 Å². The molecular formula is C5H6F2O3. The van der Waals surface area contributed by atoms with Crippen LogP contribution in [0.1, 0.15) is 0 Å². The molecule has 0 spiro atoms. The minimum Gasteiger partial charge on any atom is -0.450 e. The number of carbonyl (C=O) groups is 1. The summed E-state index contributed by atoms with van der Waals surface area (Å²) in [6, 6.07) is 0. The first-order valence-electron chi connectivity index (χ1n) is 2.06. The van der Waals surface area contributed by atoms with Crippen LogP contribution in [0.25, 0.3) is 0 Å². The molecule has 0 saturated heterocycles. The molecule has 0 aromatic carbocycles. The second-order valence-corrected chi connectivity index (χ2v) is 0.975. The Morgan fingerprint density at radius 1 is 1.40 bits per heavy atom. The summed E-state index contributed by atoms with van der Waals surface area (Å²) in [6.45, 7) is 3.04. The first-order chi connectivity index (χ1) is 4.50. The van der Waals surface area contributed by atoms with Crippen LogP contribution in [0.5, 0.6) is 0 Å². The highest BCUT2D eigenvalue weighted by molar-refractivity contribution is 5.53. The van der Waals surface area contributed by atoms with Crippen molar-refractivity contribution in [1.29, 1.82) is 0 Å². The maximum Gasteiger partial charge on any atom is 0.503 e. The van der Waals surface area contributed by atoms with Gasteiger partial charge < -0.3 is 10.2 Å². The summed E-state index contributed by atoms with van der Waals surface area (Å²) in [7, 11) is 0. The number of hydrogen-bond donors (Lipinski definition) is 2. The molecule has 0 saturated carbocycles. The van der Waals surface area contributed by atoms with E-state index in [1.165, 1.54) is 0 Å². The van der Waals surface area contributed by atoms with Crippen molar-refractivity contribution in [1.82, 2.24) is 0 Å². The van der Waals surface area contributed by atoms with Crippen molar-refractivity contribution < 1.29 is 23.8 Å². The largest absolute Gasteiger partial charge is 0.503 e. The van der Waals surface area contributed by atoms with Crippen LogP contribution in [0.2, 0.25) is 0 Å². The van der Waals surface area contributed by atoms with Crippen molar-refractivity contribution in [2.24, 2.45) is 0 Å². The van der Waals surface area contributed by atoms with Crippen LogP contribution >= 0.6 is 0 Å². The van der Waals surface area contributed by atoms with E-state index >= 15 is 0 Å². The second kappa shape index (κ2) is 7.61. The van der Waals surface area contributed by atoms with E-state index in [0.717, 1.165) is 6.08 Å². The highest BCUT2D eigenvalue weighted by Crippen LogP contribution is 1.93. The fourth-order valence-electron chi connectivity index (χ4n) is 0.0891. The maximum absolute atomic E-state index is 10.8. The monoisotopic (exact) mass is 152 g/mol. The lowest BCUT2D eigenvalue weighted by molar-refractivity contribution is 0.137. The summed E-state index contributed by atoms with van der Waals surface area (Å²) in [5, 5.41) is 13.9. The Balaban J connectivity index is 0. The Kier molecular flexibility index (Phi) is 8.68. The van der Waals surface area contributed by atoms with Gasteiger partial charge in [-0.3, -0.25) is 0 Å². The molecule has 0 rings (SSSR count). The van der Waals surface area contributed by atoms with Gasteiger partial charge in [0.25, 0.3) is 6.08 Å². The standard InChI is InChI=1S/C4H4F2.CH2O3/c1-2-3-4(5)6;2-1(3)4/h2-3H,1H2;(H2,2,3,4). The fourth-order valence-corrected chi connectivity index (χ4v) is 0.0891. The number of carboxylic acid groups (broad SMARTS) is 2. The molecule has 0 bridgehead atoms. The molecule has 0 aliphatic heterocycles. The highest BCUT2D eigenvalue weighted by atomic mass is 19.3. The van der Waals surface area contributed by atoms with Crippen LogP contribution in [-0.4, -0.2) is 16.4 Å². The normalized spacial score (nSPS) is 6.60. The molecule has 58 valence electrons. The molecule has 0 heterocycles. The Bertz CT molecular complexity index is 134. The smallest absolute Gasteiger partial charge is 0.450 e. The topological polar surface area (TPSA) is 57.5 Å². The molecular weight excluding hydrogens is 146 g/mol. The van der Waals surface area contributed by atoms with Gasteiger partial charge >= 0.3 is 6.16 Å². The van der Waals surface area contributed by atoms with Crippen LogP contribution in [-0.2, 0) is 0 Å². The molecule has 0 aliphatic rings. The zero-order valence-electron chi connectivity index (χ0n) is 4.92. The summed E-state index contributed by atoms with van der Waals surface area (Å²) in [6.07, 6.45) is -1.86. The van der Waals surface area contributed by atoms with E-state index in [-0.39, 0.29) is 0 Å². The van der Waals surface area contributed by atoms with E-state index < -0.39 is 12.2 Å². The minimum absolute atomic E-state index is 0.639. The number of hydrogen-bond acceptors (Lipinski definition) is 1. The van der Waals surface area contributed by atoms with E-state index in [4.69, 9.17) is 15.0 Å². The van der Waals surface area contributed by atoms with Gasteiger partial charge in [0, 0.05) is 6.08 Å². The van der Waals surface area contributed by atoms with Crippen LogP contribution in [0, 0.1) is 0 Å². The summed E-state index contributed by atoms with van der Waals surface area (Å²) in [4.78, 5) is 8.56. The zero-order valence-corrected chi connectivity index (χ0v) is 4.92. The molecule has 10 heavy (non-hydrogen) atoms. The van der Waals surface area contributed by atoms with Crippen LogP contribution in [0.4, 0.5) is 13.6 Å². The summed E-state index contributed by atoms with van der Waals surface area (Å²) in [5.74, 6) is 0. The molecule has 0 atom stereocenters. The third kappa shape index (κ3) is 80.3. The molecule has 0 aliphatic carbocycles. The number of rotatable bonds is 1. The lowest BCUT2D eigenvalue weighted by atomic mass is 10.6. The second-order valence-electron chi connectivity index (χ2n) is 0.975. The van der Waals surface area contributed by atoms with Gasteiger partial charge in [-0.05, 0) is 0 Å². The summed E-state index contributed by atoms with van der Waals surface area (Å²) < 4.78 is 21.6. The zero-order chi connectivity index (χ0) is 8.57. The molecule has 2 N–H and O–H groups in total. The van der Waals surface area contributed by atoms with Crippen molar-refractivity contribution in [3.05, 3.63) is 24.8 Å². The molecule has 0 fully saturated rings. The molecule has 0 unspecified atom stereocenters. The summed E-state index contributed by atoms with van der Waals surface area (Å²) >= 11 is 0. The highest BCUT2D eigenvalue weighted by Gasteiger charge is 1.76. The van der Waals surface area contributed by atoms with Crippen molar-refractivity contribution in [3.63, 3.8) is 0 Å². The molecule has 0 amide bonds. The van der Waals surface area contributed by atoms with Gasteiger partial charge in [-0.1, -0.05) is 12.7 Å². The van der Waals surface area contributed by atoms with Crippen molar-refractivity contribution in [2.75, 3.05) is 0 Å². The minimum atomic E-state index is -1.83. The van der Waals surface area contributed by atoms with Gasteiger partial charge in [0.2, 0.25) is 0 Å². The van der Waals surface area contributed by atoms with E-state index in [2.05, 4.69) is 6.58 Å². The summed E-state index contributed by atoms with van der Waals surface area (Å²) in [5.41, 5.74) is 0. The van der Waals surface area contributed by atoms with Gasteiger partial charge in [0.15, 0.2) is 0 Å². The van der Waals surface area contributed by atoms with Crippen LogP contribution in [0.15, 0.2) is 24.8 Å². The molecule has 0 aromatic rings. The third-order valence-corrected chi connectivity index (χ3v) is 0.244. The van der Waals surface area contributed by atoms with Gasteiger partial charge in [-0.2, -0.15) is 8.78 Å². The van der Waals surface area contributed by atoms with Gasteiger partial charge in [-0.25, -0.2) is 4.79 Å². The van der Waals surface area contributed by atoms with Crippen molar-refractivity contribution in [3.8, 4) is 0 Å². The average Bonchev–Trinajstić information content (AvgIpc) is 1.62. The SMILES string of the molecule is C=CC=C(F)F.O=C(O)O. The van der Waals surface area contributed by atoms with Crippen molar-refractivity contribution >= 4 is 6.16 Å². The molecule has 0 aromatic heterocycles. The van der Waals surface area contributed by atoms with E-state index in [1.807, 2.05) is 0 Å². The number of halogens is 2. The molecule has 3 nitrogen and oxygen atoms in total. The Hall–Kier alpha value is -1.39. The van der Waals surface area contributed by atoms with Gasteiger partial charge in [0.1, 0.15) is 0 Å². The van der Waals surface area contributed by atoms with Gasteiger partial charge in [-0.15, -0.1) is 0 Å². The maximum atomic E-state index is 10.8. The van der Waals surface area contributed by atoms with E-state index in [1.54, 1.807) is 0 Å². The Morgan fingerprint density at radius 3 is 1.70 bits per heavy atom. The Morgan fingerprint density at radius 2 is 1.70 bits per heavy atom. The van der Waals surface area contributed by atoms with Crippen LogP contribution in [0.3, 0.4) is 0 Å². The van der Waals surface area contributed by atoms with Crippen molar-refractivity contribution in [2.45, 2.75) is 0 Å². The fraction of sp³-hybridized carbons (Fsp3) is 0. The lowest BCUT2D eigenvalue weighted by Gasteiger charge is -1.65. The van der Waals surface area contributed by atoms with Crippen LogP contribution < -0.4 is 0 Å².